The second-order valence-corrected chi connectivity index (χ2v) is 6.50. The number of likely N-dealkylation sites (tertiary alicyclic amines) is 1. The van der Waals surface area contributed by atoms with Crippen LogP contribution in [0.1, 0.15) is 37.8 Å². The monoisotopic (exact) mass is 342 g/mol. The molecule has 0 bridgehead atoms. The van der Waals surface area contributed by atoms with Crippen LogP contribution >= 0.6 is 0 Å². The molecule has 3 rings (SSSR count). The van der Waals surface area contributed by atoms with Gasteiger partial charge in [-0.25, -0.2) is 0 Å². The fourth-order valence-corrected chi connectivity index (χ4v) is 3.39. The summed E-state index contributed by atoms with van der Waals surface area (Å²) in [6, 6.07) is 9.68. The molecule has 1 aromatic heterocycles. The molecule has 1 aromatic carbocycles. The number of aromatic nitrogens is 2. The summed E-state index contributed by atoms with van der Waals surface area (Å²) >= 11 is 0. The molecule has 25 heavy (non-hydrogen) atoms. The summed E-state index contributed by atoms with van der Waals surface area (Å²) in [7, 11) is 0. The third-order valence-electron chi connectivity index (χ3n) is 4.81. The van der Waals surface area contributed by atoms with Crippen molar-refractivity contribution in [3.63, 3.8) is 0 Å². The molecule has 0 N–H and O–H groups in total. The van der Waals surface area contributed by atoms with Crippen LogP contribution in [-0.2, 0) is 11.2 Å². The van der Waals surface area contributed by atoms with Gasteiger partial charge < -0.3 is 15.0 Å². The van der Waals surface area contributed by atoms with E-state index in [2.05, 4.69) is 11.9 Å². The Hall–Kier alpha value is -2.70. The van der Waals surface area contributed by atoms with Gasteiger partial charge in [-0.2, -0.15) is 0 Å². The number of rotatable bonds is 6. The number of benzene rings is 1. The molecule has 0 saturated carbocycles. The smallest absolute Gasteiger partial charge is 0.358 e. The van der Waals surface area contributed by atoms with Crippen LogP contribution in [0.2, 0.25) is 0 Å². The van der Waals surface area contributed by atoms with Gasteiger partial charge in [0.15, 0.2) is 0 Å². The molecular formula is C18H22N4O3. The highest BCUT2D eigenvalue weighted by atomic mass is 16.6. The maximum Gasteiger partial charge on any atom is 0.381 e. The van der Waals surface area contributed by atoms with Crippen molar-refractivity contribution in [3.05, 3.63) is 58.5 Å². The lowest BCUT2D eigenvalue weighted by molar-refractivity contribution is -0.389. The molecular weight excluding hydrogens is 320 g/mol. The molecule has 1 unspecified atom stereocenters. The molecule has 0 aliphatic carbocycles. The molecule has 7 nitrogen and oxygen atoms in total. The predicted molar refractivity (Wildman–Crippen MR) is 93.1 cm³/mol. The highest BCUT2D eigenvalue weighted by Crippen LogP contribution is 2.25. The van der Waals surface area contributed by atoms with Crippen molar-refractivity contribution in [1.29, 1.82) is 0 Å². The molecule has 1 fully saturated rings. The van der Waals surface area contributed by atoms with Gasteiger partial charge in [-0.05, 0) is 48.1 Å². The van der Waals surface area contributed by atoms with Crippen molar-refractivity contribution in [2.45, 2.75) is 44.7 Å². The molecule has 132 valence electrons. The van der Waals surface area contributed by atoms with Gasteiger partial charge in [0, 0.05) is 12.6 Å². The minimum absolute atomic E-state index is 0.0215. The number of amides is 1. The molecule has 2 aromatic rings. The topological polar surface area (TPSA) is 81.3 Å². The predicted octanol–water partition coefficient (Wildman–Crippen LogP) is 2.98. The molecule has 1 amide bonds. The Morgan fingerprint density at radius 1 is 1.40 bits per heavy atom. The lowest BCUT2D eigenvalue weighted by Crippen LogP contribution is -2.39. The van der Waals surface area contributed by atoms with Crippen LogP contribution in [0, 0.1) is 10.1 Å². The van der Waals surface area contributed by atoms with Crippen LogP contribution in [-0.4, -0.2) is 37.9 Å². The highest BCUT2D eigenvalue weighted by Gasteiger charge is 2.32. The van der Waals surface area contributed by atoms with E-state index in [1.807, 2.05) is 35.2 Å². The second-order valence-electron chi connectivity index (χ2n) is 6.50. The van der Waals surface area contributed by atoms with Crippen LogP contribution in [0.15, 0.2) is 42.9 Å². The van der Waals surface area contributed by atoms with Crippen LogP contribution in [0.25, 0.3) is 0 Å². The van der Waals surface area contributed by atoms with Crippen LogP contribution in [0.5, 0.6) is 0 Å². The summed E-state index contributed by atoms with van der Waals surface area (Å²) in [6.07, 6.45) is 6.06. The van der Waals surface area contributed by atoms with E-state index in [1.54, 1.807) is 4.57 Å². The highest BCUT2D eigenvalue weighted by molar-refractivity contribution is 5.81. The third-order valence-corrected chi connectivity index (χ3v) is 4.81. The lowest BCUT2D eigenvalue weighted by Gasteiger charge is -2.27. The first kappa shape index (κ1) is 17.1. The summed E-state index contributed by atoms with van der Waals surface area (Å²) in [4.78, 5) is 29.2. The largest absolute Gasteiger partial charge is 0.381 e. The first-order valence-corrected chi connectivity index (χ1v) is 8.58. The van der Waals surface area contributed by atoms with Gasteiger partial charge in [0.25, 0.3) is 0 Å². The van der Waals surface area contributed by atoms with Crippen LogP contribution in [0.3, 0.4) is 0 Å². The van der Waals surface area contributed by atoms with Gasteiger partial charge in [-0.1, -0.05) is 30.3 Å². The van der Waals surface area contributed by atoms with E-state index < -0.39 is 11.0 Å². The van der Waals surface area contributed by atoms with E-state index in [1.165, 1.54) is 12.5 Å². The number of imidazole rings is 1. The fourth-order valence-electron chi connectivity index (χ4n) is 3.39. The van der Waals surface area contributed by atoms with Crippen molar-refractivity contribution >= 4 is 11.7 Å². The van der Waals surface area contributed by atoms with Gasteiger partial charge >= 0.3 is 5.82 Å². The summed E-state index contributed by atoms with van der Waals surface area (Å²) in [5.41, 5.74) is 1.14. The summed E-state index contributed by atoms with van der Waals surface area (Å²) < 4.78 is 1.59. The maximum atomic E-state index is 13.1. The average Bonchev–Trinajstić information content (AvgIpc) is 3.25. The van der Waals surface area contributed by atoms with Crippen molar-refractivity contribution in [1.82, 2.24) is 14.5 Å². The normalized spacial score (nSPS) is 18.3. The standard InChI is InChI=1S/C18H22N4O3/c1-14-6-5-11-21(14)18(23)16(10-9-15-7-3-2-4-8-15)20-12-17(19-13-20)22(24)25/h2-4,7-8,12-14,16H,5-6,9-11H2,1H3/t14-,16?/m1/s1. The van der Waals surface area contributed by atoms with E-state index in [0.29, 0.717) is 6.42 Å². The minimum Gasteiger partial charge on any atom is -0.358 e. The molecule has 0 spiro atoms. The van der Waals surface area contributed by atoms with Crippen molar-refractivity contribution in [2.24, 2.45) is 0 Å². The van der Waals surface area contributed by atoms with E-state index in [9.17, 15) is 14.9 Å². The number of hydrogen-bond donors (Lipinski definition) is 0. The van der Waals surface area contributed by atoms with E-state index in [4.69, 9.17) is 0 Å². The Morgan fingerprint density at radius 2 is 2.16 bits per heavy atom. The molecule has 1 aliphatic rings. The first-order valence-electron chi connectivity index (χ1n) is 8.58. The van der Waals surface area contributed by atoms with Crippen molar-refractivity contribution in [2.75, 3.05) is 6.54 Å². The zero-order valence-corrected chi connectivity index (χ0v) is 14.2. The summed E-state index contributed by atoms with van der Waals surface area (Å²) in [5, 5.41) is 10.9. The van der Waals surface area contributed by atoms with Gasteiger partial charge in [-0.3, -0.25) is 9.36 Å². The quantitative estimate of drug-likeness (QED) is 0.597. The van der Waals surface area contributed by atoms with Gasteiger partial charge in [-0.15, -0.1) is 0 Å². The molecule has 1 aliphatic heterocycles. The lowest BCUT2D eigenvalue weighted by atomic mass is 10.0. The molecule has 1 saturated heterocycles. The zero-order valence-electron chi connectivity index (χ0n) is 14.2. The van der Waals surface area contributed by atoms with E-state index in [-0.39, 0.29) is 17.8 Å². The number of carbonyl (C=O) groups excluding carboxylic acids is 1. The summed E-state index contributed by atoms with van der Waals surface area (Å²) in [6.45, 7) is 2.80. The van der Waals surface area contributed by atoms with Gasteiger partial charge in [0.1, 0.15) is 12.2 Å². The molecule has 0 radical (unpaired) electrons. The van der Waals surface area contributed by atoms with Gasteiger partial charge in [0.05, 0.1) is 0 Å². The van der Waals surface area contributed by atoms with Gasteiger partial charge in [0.2, 0.25) is 12.2 Å². The minimum atomic E-state index is -0.534. The van der Waals surface area contributed by atoms with Crippen LogP contribution < -0.4 is 0 Å². The number of aryl methyl sites for hydroxylation is 1. The molecule has 2 atom stereocenters. The van der Waals surface area contributed by atoms with E-state index in [0.717, 1.165) is 31.4 Å². The summed E-state index contributed by atoms with van der Waals surface area (Å²) in [5.74, 6) is -0.208. The SMILES string of the molecule is C[C@@H]1CCCN1C(=O)C(CCc1ccccc1)n1cnc([N+](=O)[O-])c1. The number of hydrogen-bond acceptors (Lipinski definition) is 4. The number of nitrogens with zero attached hydrogens (tertiary/aromatic N) is 4. The Balaban J connectivity index is 1.81. The Kier molecular flexibility index (Phi) is 5.11. The fraction of sp³-hybridized carbons (Fsp3) is 0.444. The maximum absolute atomic E-state index is 13.1. The Morgan fingerprint density at radius 3 is 2.76 bits per heavy atom. The third kappa shape index (κ3) is 3.87. The zero-order chi connectivity index (χ0) is 17.8. The van der Waals surface area contributed by atoms with E-state index >= 15 is 0 Å². The second kappa shape index (κ2) is 7.46. The average molecular weight is 342 g/mol. The first-order chi connectivity index (χ1) is 12.1. The van der Waals surface area contributed by atoms with Crippen LogP contribution in [0.4, 0.5) is 5.82 Å². The van der Waals surface area contributed by atoms with Crippen molar-refractivity contribution < 1.29 is 9.72 Å². The Bertz CT molecular complexity index is 744. The number of nitro groups is 1. The van der Waals surface area contributed by atoms with Crippen molar-refractivity contribution in [3.8, 4) is 0 Å². The molecule has 2 heterocycles. The number of carbonyl (C=O) groups is 1. The molecule has 7 heteroatoms. The Labute approximate surface area is 146 Å².